The fourth-order valence-corrected chi connectivity index (χ4v) is 3.44. The number of rotatable bonds is 3. The van der Waals surface area contributed by atoms with Gasteiger partial charge in [-0.2, -0.15) is 4.98 Å². The van der Waals surface area contributed by atoms with Crippen LogP contribution in [0.3, 0.4) is 0 Å². The summed E-state index contributed by atoms with van der Waals surface area (Å²) in [5, 5.41) is 7.15. The molecule has 0 amide bonds. The third kappa shape index (κ3) is 3.75. The zero-order chi connectivity index (χ0) is 15.8. The van der Waals surface area contributed by atoms with Crippen molar-refractivity contribution in [2.45, 2.75) is 64.6 Å². The average Bonchev–Trinajstić information content (AvgIpc) is 2.29. The van der Waals surface area contributed by atoms with E-state index in [2.05, 4.69) is 48.3 Å². The van der Waals surface area contributed by atoms with Gasteiger partial charge in [0.2, 0.25) is 5.88 Å². The quantitative estimate of drug-likeness (QED) is 0.791. The van der Waals surface area contributed by atoms with E-state index in [4.69, 9.17) is 10.5 Å². The molecule has 1 saturated heterocycles. The number of hydrogen-bond donors (Lipinski definition) is 3. The zero-order valence-corrected chi connectivity index (χ0v) is 13.9. The molecular weight excluding hydrogens is 266 g/mol. The lowest BCUT2D eigenvalue weighted by atomic mass is 9.79. The molecule has 1 fully saturated rings. The molecule has 1 aromatic rings. The van der Waals surface area contributed by atoms with E-state index < -0.39 is 0 Å². The van der Waals surface area contributed by atoms with Crippen LogP contribution in [-0.2, 0) is 0 Å². The number of nitrogens with two attached hydrogens (primary N) is 1. The molecule has 0 radical (unpaired) electrons. The first-order chi connectivity index (χ1) is 9.62. The van der Waals surface area contributed by atoms with Gasteiger partial charge >= 0.3 is 0 Å². The van der Waals surface area contributed by atoms with Gasteiger partial charge in [-0.05, 0) is 47.5 Å². The maximum absolute atomic E-state index is 6.09. The van der Waals surface area contributed by atoms with Gasteiger partial charge in [0.15, 0.2) is 5.82 Å². The first-order valence-corrected chi connectivity index (χ1v) is 7.36. The molecular formula is C15H27N5O. The molecule has 0 unspecified atom stereocenters. The van der Waals surface area contributed by atoms with E-state index in [1.165, 1.54) is 0 Å². The number of nitrogens with zero attached hydrogens (tertiary/aromatic N) is 2. The van der Waals surface area contributed by atoms with Crippen molar-refractivity contribution in [1.29, 1.82) is 0 Å². The van der Waals surface area contributed by atoms with E-state index in [0.29, 0.717) is 29.3 Å². The molecule has 6 nitrogen and oxygen atoms in total. The Labute approximate surface area is 126 Å². The third-order valence-corrected chi connectivity index (χ3v) is 3.75. The highest BCUT2D eigenvalue weighted by molar-refractivity contribution is 5.67. The van der Waals surface area contributed by atoms with Crippen molar-refractivity contribution in [1.82, 2.24) is 15.3 Å². The largest absolute Gasteiger partial charge is 0.479 e. The van der Waals surface area contributed by atoms with Crippen molar-refractivity contribution in [2.24, 2.45) is 0 Å². The highest BCUT2D eigenvalue weighted by atomic mass is 16.5. The summed E-state index contributed by atoms with van der Waals surface area (Å²) in [6.45, 7) is 10.7. The Hall–Kier alpha value is -1.56. The Balaban J connectivity index is 2.24. The summed E-state index contributed by atoms with van der Waals surface area (Å²) in [5.41, 5.74) is 6.70. The Morgan fingerprint density at radius 1 is 1.19 bits per heavy atom. The van der Waals surface area contributed by atoms with Crippen molar-refractivity contribution in [2.75, 3.05) is 18.2 Å². The number of nitrogens with one attached hydrogen (secondary N) is 2. The molecule has 6 heteroatoms. The lowest BCUT2D eigenvalue weighted by Crippen LogP contribution is -2.60. The number of aryl methyl sites for hydroxylation is 1. The summed E-state index contributed by atoms with van der Waals surface area (Å²) >= 11 is 0. The van der Waals surface area contributed by atoms with Crippen molar-refractivity contribution < 1.29 is 4.74 Å². The van der Waals surface area contributed by atoms with Crippen LogP contribution in [0.2, 0.25) is 0 Å². The first-order valence-electron chi connectivity index (χ1n) is 7.36. The standard InChI is InChI=1S/C15H27N5O/c1-9-17-12(11(16)13(18-9)21-6)19-10-7-14(2,3)20-15(4,5)8-10/h10,20H,7-8,16H2,1-6H3,(H,17,18,19). The van der Waals surface area contributed by atoms with Gasteiger partial charge < -0.3 is 21.1 Å². The molecule has 21 heavy (non-hydrogen) atoms. The average molecular weight is 293 g/mol. The second-order valence-corrected chi connectivity index (χ2v) is 7.18. The molecule has 0 bridgehead atoms. The number of piperidine rings is 1. The zero-order valence-electron chi connectivity index (χ0n) is 13.9. The predicted molar refractivity (Wildman–Crippen MR) is 85.7 cm³/mol. The Morgan fingerprint density at radius 3 is 2.29 bits per heavy atom. The van der Waals surface area contributed by atoms with Crippen molar-refractivity contribution in [3.05, 3.63) is 5.82 Å². The van der Waals surface area contributed by atoms with Crippen molar-refractivity contribution >= 4 is 11.5 Å². The van der Waals surface area contributed by atoms with Crippen LogP contribution < -0.4 is 21.1 Å². The van der Waals surface area contributed by atoms with E-state index in [-0.39, 0.29) is 11.1 Å². The summed E-state index contributed by atoms with van der Waals surface area (Å²) in [6, 6.07) is 0.303. The minimum Gasteiger partial charge on any atom is -0.479 e. The molecule has 118 valence electrons. The fraction of sp³-hybridized carbons (Fsp3) is 0.733. The Bertz CT molecular complexity index is 511. The van der Waals surface area contributed by atoms with Crippen LogP contribution in [0.25, 0.3) is 0 Å². The highest BCUT2D eigenvalue weighted by Gasteiger charge is 2.38. The van der Waals surface area contributed by atoms with Gasteiger partial charge in [-0.3, -0.25) is 0 Å². The summed E-state index contributed by atoms with van der Waals surface area (Å²) in [6.07, 6.45) is 2.00. The summed E-state index contributed by atoms with van der Waals surface area (Å²) in [7, 11) is 1.57. The van der Waals surface area contributed by atoms with E-state index in [0.717, 1.165) is 12.8 Å². The molecule has 0 atom stereocenters. The van der Waals surface area contributed by atoms with E-state index >= 15 is 0 Å². The van der Waals surface area contributed by atoms with Crippen LogP contribution in [0, 0.1) is 6.92 Å². The van der Waals surface area contributed by atoms with Crippen LogP contribution in [0.5, 0.6) is 5.88 Å². The topological polar surface area (TPSA) is 85.1 Å². The Morgan fingerprint density at radius 2 is 1.76 bits per heavy atom. The number of hydrogen-bond acceptors (Lipinski definition) is 6. The van der Waals surface area contributed by atoms with Gasteiger partial charge in [0.1, 0.15) is 11.5 Å². The Kier molecular flexibility index (Phi) is 4.02. The van der Waals surface area contributed by atoms with Gasteiger partial charge in [-0.1, -0.05) is 0 Å². The number of ether oxygens (including phenoxy) is 1. The predicted octanol–water partition coefficient (Wildman–Crippen LogP) is 2.10. The van der Waals surface area contributed by atoms with E-state index in [1.54, 1.807) is 7.11 Å². The lowest BCUT2D eigenvalue weighted by Gasteiger charge is -2.46. The van der Waals surface area contributed by atoms with Crippen LogP contribution >= 0.6 is 0 Å². The molecule has 0 saturated carbocycles. The molecule has 2 heterocycles. The fourth-order valence-electron chi connectivity index (χ4n) is 3.44. The van der Waals surface area contributed by atoms with Gasteiger partial charge in [0, 0.05) is 17.1 Å². The monoisotopic (exact) mass is 293 g/mol. The van der Waals surface area contributed by atoms with Gasteiger partial charge in [-0.15, -0.1) is 0 Å². The smallest absolute Gasteiger partial charge is 0.242 e. The minimum atomic E-state index is 0.0698. The number of aromatic nitrogens is 2. The molecule has 1 aromatic heterocycles. The van der Waals surface area contributed by atoms with Gasteiger partial charge in [0.05, 0.1) is 7.11 Å². The lowest BCUT2D eigenvalue weighted by molar-refractivity contribution is 0.170. The molecule has 1 aliphatic heterocycles. The molecule has 0 aromatic carbocycles. The number of nitrogen functional groups attached to an aromatic ring is 1. The maximum Gasteiger partial charge on any atom is 0.242 e. The second-order valence-electron chi connectivity index (χ2n) is 7.18. The van der Waals surface area contributed by atoms with Crippen LogP contribution in [0.15, 0.2) is 0 Å². The molecule has 4 N–H and O–H groups in total. The van der Waals surface area contributed by atoms with Crippen LogP contribution in [-0.4, -0.2) is 34.2 Å². The first kappa shape index (κ1) is 15.8. The van der Waals surface area contributed by atoms with Crippen molar-refractivity contribution in [3.8, 4) is 5.88 Å². The molecule has 2 rings (SSSR count). The van der Waals surface area contributed by atoms with Gasteiger partial charge in [0.25, 0.3) is 0 Å². The van der Waals surface area contributed by atoms with Crippen molar-refractivity contribution in [3.63, 3.8) is 0 Å². The summed E-state index contributed by atoms with van der Waals surface area (Å²) in [4.78, 5) is 8.61. The minimum absolute atomic E-state index is 0.0698. The third-order valence-electron chi connectivity index (χ3n) is 3.75. The maximum atomic E-state index is 6.09. The van der Waals surface area contributed by atoms with Crippen LogP contribution in [0.4, 0.5) is 11.5 Å². The molecule has 0 spiro atoms. The summed E-state index contributed by atoms with van der Waals surface area (Å²) in [5.74, 6) is 1.74. The van der Waals surface area contributed by atoms with E-state index in [1.807, 2.05) is 6.92 Å². The van der Waals surface area contributed by atoms with E-state index in [9.17, 15) is 0 Å². The normalized spacial score (nSPS) is 21.0. The highest BCUT2D eigenvalue weighted by Crippen LogP contribution is 2.32. The second kappa shape index (κ2) is 5.33. The SMILES string of the molecule is COc1nc(C)nc(NC2CC(C)(C)NC(C)(C)C2)c1N. The summed E-state index contributed by atoms with van der Waals surface area (Å²) < 4.78 is 5.21. The van der Waals surface area contributed by atoms with Gasteiger partial charge in [-0.25, -0.2) is 4.98 Å². The molecule has 0 aliphatic carbocycles. The number of methoxy groups -OCH3 is 1. The van der Waals surface area contributed by atoms with Crippen LogP contribution in [0.1, 0.15) is 46.4 Å². The number of anilines is 2. The molecule has 1 aliphatic rings.